The van der Waals surface area contributed by atoms with Gasteiger partial charge in [-0.25, -0.2) is 4.79 Å². The van der Waals surface area contributed by atoms with E-state index in [0.717, 1.165) is 12.8 Å². The van der Waals surface area contributed by atoms with Crippen LogP contribution in [0, 0.1) is 0 Å². The standard InChI is InChI=1S/C10H12O2/c1-2-8-12-10(11)9-6-4-3-5-7-9/h2,4,6-7H,1,3,5,8H2. The average molecular weight is 164 g/mol. The average Bonchev–Trinajstić information content (AvgIpc) is 2.15. The van der Waals surface area contributed by atoms with E-state index >= 15 is 0 Å². The van der Waals surface area contributed by atoms with Gasteiger partial charge in [0.05, 0.1) is 5.57 Å². The van der Waals surface area contributed by atoms with Gasteiger partial charge in [0, 0.05) is 0 Å². The highest BCUT2D eigenvalue weighted by Gasteiger charge is 2.07. The molecule has 1 aliphatic carbocycles. The third-order valence-electron chi connectivity index (χ3n) is 1.56. The Morgan fingerprint density at radius 2 is 2.50 bits per heavy atom. The van der Waals surface area contributed by atoms with E-state index < -0.39 is 0 Å². The molecule has 64 valence electrons. The maximum absolute atomic E-state index is 11.2. The van der Waals surface area contributed by atoms with Crippen molar-refractivity contribution in [3.8, 4) is 0 Å². The topological polar surface area (TPSA) is 26.3 Å². The fraction of sp³-hybridized carbons (Fsp3) is 0.300. The van der Waals surface area contributed by atoms with Crippen LogP contribution in [0.25, 0.3) is 0 Å². The lowest BCUT2D eigenvalue weighted by Crippen LogP contribution is -2.07. The normalized spacial score (nSPS) is 15.2. The van der Waals surface area contributed by atoms with E-state index in [9.17, 15) is 4.79 Å². The van der Waals surface area contributed by atoms with Crippen molar-refractivity contribution in [2.45, 2.75) is 12.8 Å². The van der Waals surface area contributed by atoms with Crippen LogP contribution >= 0.6 is 0 Å². The minimum atomic E-state index is -0.258. The summed E-state index contributed by atoms with van der Waals surface area (Å²) in [5, 5.41) is 0. The van der Waals surface area contributed by atoms with Crippen molar-refractivity contribution in [2.75, 3.05) is 6.61 Å². The number of hydrogen-bond acceptors (Lipinski definition) is 2. The van der Waals surface area contributed by atoms with E-state index in [2.05, 4.69) is 6.58 Å². The summed E-state index contributed by atoms with van der Waals surface area (Å²) in [6.07, 6.45) is 9.17. The van der Waals surface area contributed by atoms with Crippen molar-refractivity contribution < 1.29 is 9.53 Å². The van der Waals surface area contributed by atoms with Gasteiger partial charge in [0.2, 0.25) is 0 Å². The number of hydrogen-bond donors (Lipinski definition) is 0. The van der Waals surface area contributed by atoms with Gasteiger partial charge in [0.15, 0.2) is 0 Å². The third kappa shape index (κ3) is 2.38. The second kappa shape index (κ2) is 4.54. The molecule has 2 nitrogen and oxygen atoms in total. The van der Waals surface area contributed by atoms with Gasteiger partial charge in [-0.1, -0.05) is 30.9 Å². The van der Waals surface area contributed by atoms with Crippen LogP contribution in [-0.4, -0.2) is 12.6 Å². The molecule has 0 unspecified atom stereocenters. The molecule has 0 radical (unpaired) electrons. The van der Waals surface area contributed by atoms with Crippen molar-refractivity contribution in [1.82, 2.24) is 0 Å². The van der Waals surface area contributed by atoms with Gasteiger partial charge in [0.25, 0.3) is 0 Å². The van der Waals surface area contributed by atoms with Gasteiger partial charge in [-0.3, -0.25) is 0 Å². The lowest BCUT2D eigenvalue weighted by molar-refractivity contribution is -0.137. The molecule has 0 aromatic carbocycles. The van der Waals surface area contributed by atoms with E-state index in [1.54, 1.807) is 12.2 Å². The Labute approximate surface area is 72.2 Å². The van der Waals surface area contributed by atoms with Gasteiger partial charge < -0.3 is 4.74 Å². The van der Waals surface area contributed by atoms with Crippen LogP contribution in [0.5, 0.6) is 0 Å². The molecule has 0 amide bonds. The Morgan fingerprint density at radius 1 is 1.67 bits per heavy atom. The van der Waals surface area contributed by atoms with Gasteiger partial charge in [-0.2, -0.15) is 0 Å². The van der Waals surface area contributed by atoms with Crippen molar-refractivity contribution in [2.24, 2.45) is 0 Å². The van der Waals surface area contributed by atoms with Gasteiger partial charge in [-0.05, 0) is 12.8 Å². The first kappa shape index (κ1) is 8.78. The summed E-state index contributed by atoms with van der Waals surface area (Å²) in [6.45, 7) is 3.74. The maximum atomic E-state index is 11.2. The molecule has 2 heteroatoms. The Balaban J connectivity index is 2.46. The number of allylic oxidation sites excluding steroid dienone is 2. The summed E-state index contributed by atoms with van der Waals surface area (Å²) < 4.78 is 4.85. The molecule has 0 bridgehead atoms. The predicted octanol–water partition coefficient (Wildman–Crippen LogP) is 1.99. The lowest BCUT2D eigenvalue weighted by atomic mass is 10.1. The Morgan fingerprint density at radius 3 is 3.08 bits per heavy atom. The van der Waals surface area contributed by atoms with Crippen LogP contribution in [0.4, 0.5) is 0 Å². The molecular formula is C10H12O2. The number of carbonyl (C=O) groups excluding carboxylic acids is 1. The van der Waals surface area contributed by atoms with Gasteiger partial charge >= 0.3 is 5.97 Å². The zero-order valence-corrected chi connectivity index (χ0v) is 6.95. The second-order valence-corrected chi connectivity index (χ2v) is 2.53. The predicted molar refractivity (Wildman–Crippen MR) is 47.6 cm³/mol. The summed E-state index contributed by atoms with van der Waals surface area (Å²) >= 11 is 0. The van der Waals surface area contributed by atoms with Crippen LogP contribution in [0.2, 0.25) is 0 Å². The number of ether oxygens (including phenoxy) is 1. The molecule has 0 aromatic rings. The number of esters is 1. The van der Waals surface area contributed by atoms with Crippen molar-refractivity contribution in [3.63, 3.8) is 0 Å². The van der Waals surface area contributed by atoms with Gasteiger partial charge in [-0.15, -0.1) is 0 Å². The zero-order chi connectivity index (χ0) is 8.81. The fourth-order valence-corrected chi connectivity index (χ4v) is 0.983. The number of carbonyl (C=O) groups is 1. The van der Waals surface area contributed by atoms with Crippen molar-refractivity contribution >= 4 is 5.97 Å². The molecule has 0 N–H and O–H groups in total. The first-order valence-corrected chi connectivity index (χ1v) is 3.99. The first-order valence-electron chi connectivity index (χ1n) is 3.99. The van der Waals surface area contributed by atoms with E-state index in [1.165, 1.54) is 0 Å². The molecule has 0 spiro atoms. The molecular weight excluding hydrogens is 152 g/mol. The SMILES string of the molecule is C=CCOC(=O)C1=CCCC=C1. The highest BCUT2D eigenvalue weighted by atomic mass is 16.5. The molecule has 0 aliphatic heterocycles. The monoisotopic (exact) mass is 164 g/mol. The summed E-state index contributed by atoms with van der Waals surface area (Å²) in [6, 6.07) is 0. The number of rotatable bonds is 3. The lowest BCUT2D eigenvalue weighted by Gasteiger charge is -2.05. The largest absolute Gasteiger partial charge is 0.458 e. The Bertz CT molecular complexity index is 236. The molecule has 0 saturated carbocycles. The first-order chi connectivity index (χ1) is 5.84. The van der Waals surface area contributed by atoms with Crippen LogP contribution < -0.4 is 0 Å². The van der Waals surface area contributed by atoms with E-state index in [-0.39, 0.29) is 12.6 Å². The minimum Gasteiger partial charge on any atom is -0.458 e. The summed E-state index contributed by atoms with van der Waals surface area (Å²) in [5.74, 6) is -0.258. The highest BCUT2D eigenvalue weighted by molar-refractivity contribution is 5.91. The van der Waals surface area contributed by atoms with Crippen molar-refractivity contribution in [1.29, 1.82) is 0 Å². The molecule has 1 aliphatic rings. The van der Waals surface area contributed by atoms with Gasteiger partial charge in [0.1, 0.15) is 6.61 Å². The van der Waals surface area contributed by atoms with E-state index in [4.69, 9.17) is 4.74 Å². The third-order valence-corrected chi connectivity index (χ3v) is 1.56. The molecule has 1 rings (SSSR count). The molecule has 12 heavy (non-hydrogen) atoms. The minimum absolute atomic E-state index is 0.258. The van der Waals surface area contributed by atoms with E-state index in [0.29, 0.717) is 5.57 Å². The second-order valence-electron chi connectivity index (χ2n) is 2.53. The summed E-state index contributed by atoms with van der Waals surface area (Å²) in [4.78, 5) is 11.2. The zero-order valence-electron chi connectivity index (χ0n) is 6.95. The fourth-order valence-electron chi connectivity index (χ4n) is 0.983. The highest BCUT2D eigenvalue weighted by Crippen LogP contribution is 2.10. The quantitative estimate of drug-likeness (QED) is 0.471. The van der Waals surface area contributed by atoms with Crippen LogP contribution in [0.15, 0.2) is 36.5 Å². The summed E-state index contributed by atoms with van der Waals surface area (Å²) in [7, 11) is 0. The maximum Gasteiger partial charge on any atom is 0.338 e. The van der Waals surface area contributed by atoms with Crippen LogP contribution in [0.3, 0.4) is 0 Å². The molecule has 0 saturated heterocycles. The molecule has 0 atom stereocenters. The van der Waals surface area contributed by atoms with Crippen LogP contribution in [0.1, 0.15) is 12.8 Å². The van der Waals surface area contributed by atoms with Crippen LogP contribution in [-0.2, 0) is 9.53 Å². The van der Waals surface area contributed by atoms with E-state index in [1.807, 2.05) is 12.2 Å². The van der Waals surface area contributed by atoms with Crippen molar-refractivity contribution in [3.05, 3.63) is 36.5 Å². The molecule has 0 fully saturated rings. The molecule has 0 heterocycles. The summed E-state index contributed by atoms with van der Waals surface area (Å²) in [5.41, 5.74) is 0.656. The Hall–Kier alpha value is -1.31. The molecule has 0 aromatic heterocycles. The smallest absolute Gasteiger partial charge is 0.338 e. The Kier molecular flexibility index (Phi) is 3.33.